The standard InChI is InChI=1S/C50H33NO/c1-2-11-39-33-40(20-19-34(39)9-1)35-21-27-41(28-22-35)51(42-29-23-37(24-30-42)45-15-7-12-36-10-3-4-13-44(36)45)43-31-25-38(26-32-43)46-16-8-18-49-50(46)47-14-5-6-17-48(47)52-49/h1-33H. The van der Waals surface area contributed by atoms with Crippen molar-refractivity contribution in [3.05, 3.63) is 200 Å². The normalized spacial score (nSPS) is 11.5. The second-order valence-electron chi connectivity index (χ2n) is 13.3. The van der Waals surface area contributed by atoms with Crippen LogP contribution in [0, 0.1) is 0 Å². The summed E-state index contributed by atoms with van der Waals surface area (Å²) in [5.74, 6) is 0. The molecule has 9 aromatic carbocycles. The number of benzene rings is 9. The molecule has 0 N–H and O–H groups in total. The van der Waals surface area contributed by atoms with Crippen LogP contribution >= 0.6 is 0 Å². The molecule has 52 heavy (non-hydrogen) atoms. The summed E-state index contributed by atoms with van der Waals surface area (Å²) in [6, 6.07) is 71.7. The maximum Gasteiger partial charge on any atom is 0.136 e. The van der Waals surface area contributed by atoms with Crippen molar-refractivity contribution in [1.29, 1.82) is 0 Å². The second-order valence-corrected chi connectivity index (χ2v) is 13.3. The van der Waals surface area contributed by atoms with Gasteiger partial charge in [0.15, 0.2) is 0 Å². The molecule has 0 aliphatic heterocycles. The van der Waals surface area contributed by atoms with E-state index in [1.807, 2.05) is 12.1 Å². The average Bonchev–Trinajstić information content (AvgIpc) is 3.61. The van der Waals surface area contributed by atoms with Crippen molar-refractivity contribution >= 4 is 60.5 Å². The lowest BCUT2D eigenvalue weighted by Gasteiger charge is -2.26. The molecule has 0 atom stereocenters. The van der Waals surface area contributed by atoms with Gasteiger partial charge in [0.05, 0.1) is 0 Å². The highest BCUT2D eigenvalue weighted by Crippen LogP contribution is 2.41. The zero-order valence-electron chi connectivity index (χ0n) is 28.4. The van der Waals surface area contributed by atoms with Crippen molar-refractivity contribution in [2.45, 2.75) is 0 Å². The molecular formula is C50H33NO. The molecule has 244 valence electrons. The minimum atomic E-state index is 0.905. The molecular weight excluding hydrogens is 631 g/mol. The Hall–Kier alpha value is -6.90. The molecule has 0 amide bonds. The molecule has 10 rings (SSSR count). The smallest absolute Gasteiger partial charge is 0.136 e. The Morgan fingerprint density at radius 2 is 0.808 bits per heavy atom. The van der Waals surface area contributed by atoms with Gasteiger partial charge in [-0.15, -0.1) is 0 Å². The maximum atomic E-state index is 6.21. The van der Waals surface area contributed by atoms with E-state index in [0.717, 1.165) is 44.6 Å². The van der Waals surface area contributed by atoms with Gasteiger partial charge in [0.2, 0.25) is 0 Å². The molecule has 0 unspecified atom stereocenters. The molecule has 0 aliphatic rings. The zero-order chi connectivity index (χ0) is 34.4. The van der Waals surface area contributed by atoms with Gasteiger partial charge in [0.25, 0.3) is 0 Å². The topological polar surface area (TPSA) is 16.4 Å². The monoisotopic (exact) mass is 663 g/mol. The SMILES string of the molecule is c1ccc2cc(-c3ccc(N(c4ccc(-c5cccc6ccccc56)cc4)c4ccc(-c5cccc6oc7ccccc7c56)cc4)cc3)ccc2c1. The van der Waals surface area contributed by atoms with E-state index in [2.05, 4.69) is 193 Å². The number of furan rings is 1. The van der Waals surface area contributed by atoms with Crippen LogP contribution in [0.25, 0.3) is 76.9 Å². The summed E-state index contributed by atoms with van der Waals surface area (Å²) in [4.78, 5) is 2.34. The first-order chi connectivity index (χ1) is 25.8. The molecule has 1 aromatic heterocycles. The van der Waals surface area contributed by atoms with Crippen LogP contribution in [0.1, 0.15) is 0 Å². The van der Waals surface area contributed by atoms with Crippen molar-refractivity contribution in [1.82, 2.24) is 0 Å². The van der Waals surface area contributed by atoms with Crippen molar-refractivity contribution in [3.63, 3.8) is 0 Å². The minimum Gasteiger partial charge on any atom is -0.456 e. The van der Waals surface area contributed by atoms with Crippen LogP contribution in [0.4, 0.5) is 17.1 Å². The number of hydrogen-bond acceptors (Lipinski definition) is 2. The lowest BCUT2D eigenvalue weighted by molar-refractivity contribution is 0.669. The summed E-state index contributed by atoms with van der Waals surface area (Å²) >= 11 is 0. The number of nitrogens with zero attached hydrogens (tertiary/aromatic N) is 1. The molecule has 10 aromatic rings. The molecule has 0 fully saturated rings. The molecule has 0 spiro atoms. The summed E-state index contributed by atoms with van der Waals surface area (Å²) < 4.78 is 6.21. The van der Waals surface area contributed by atoms with Gasteiger partial charge in [-0.2, -0.15) is 0 Å². The van der Waals surface area contributed by atoms with Crippen LogP contribution in [0.3, 0.4) is 0 Å². The van der Waals surface area contributed by atoms with Crippen LogP contribution in [0.15, 0.2) is 205 Å². The van der Waals surface area contributed by atoms with Gasteiger partial charge in [0.1, 0.15) is 11.2 Å². The van der Waals surface area contributed by atoms with Crippen molar-refractivity contribution in [2.75, 3.05) is 4.90 Å². The highest BCUT2D eigenvalue weighted by atomic mass is 16.3. The Morgan fingerprint density at radius 1 is 0.308 bits per heavy atom. The van der Waals surface area contributed by atoms with Gasteiger partial charge in [-0.1, -0.05) is 146 Å². The van der Waals surface area contributed by atoms with E-state index in [4.69, 9.17) is 4.42 Å². The van der Waals surface area contributed by atoms with Crippen LogP contribution in [0.2, 0.25) is 0 Å². The summed E-state index contributed by atoms with van der Waals surface area (Å²) in [6.07, 6.45) is 0. The molecule has 0 saturated carbocycles. The molecule has 2 heteroatoms. The van der Waals surface area contributed by atoms with Crippen LogP contribution < -0.4 is 4.90 Å². The number of hydrogen-bond donors (Lipinski definition) is 0. The van der Waals surface area contributed by atoms with Crippen LogP contribution in [-0.4, -0.2) is 0 Å². The molecule has 2 nitrogen and oxygen atoms in total. The maximum absolute atomic E-state index is 6.21. The Kier molecular flexibility index (Phi) is 7.18. The fraction of sp³-hybridized carbons (Fsp3) is 0. The number of rotatable bonds is 6. The highest BCUT2D eigenvalue weighted by molar-refractivity contribution is 6.12. The minimum absolute atomic E-state index is 0.905. The van der Waals surface area contributed by atoms with Crippen molar-refractivity contribution in [3.8, 4) is 33.4 Å². The fourth-order valence-corrected chi connectivity index (χ4v) is 7.69. The number of anilines is 3. The quantitative estimate of drug-likeness (QED) is 0.176. The van der Waals surface area contributed by atoms with E-state index in [1.165, 1.54) is 49.4 Å². The van der Waals surface area contributed by atoms with E-state index < -0.39 is 0 Å². The van der Waals surface area contributed by atoms with E-state index in [9.17, 15) is 0 Å². The molecule has 0 aliphatic carbocycles. The van der Waals surface area contributed by atoms with E-state index in [-0.39, 0.29) is 0 Å². The number of para-hydroxylation sites is 1. The first-order valence-corrected chi connectivity index (χ1v) is 17.8. The fourth-order valence-electron chi connectivity index (χ4n) is 7.69. The van der Waals surface area contributed by atoms with Crippen molar-refractivity contribution in [2.24, 2.45) is 0 Å². The predicted octanol–water partition coefficient (Wildman–Crippen LogP) is 14.4. The summed E-state index contributed by atoms with van der Waals surface area (Å²) in [6.45, 7) is 0. The van der Waals surface area contributed by atoms with Crippen molar-refractivity contribution < 1.29 is 4.42 Å². The van der Waals surface area contributed by atoms with Gasteiger partial charge in [-0.05, 0) is 110 Å². The first kappa shape index (κ1) is 30.0. The Labute approximate surface area is 302 Å². The molecule has 0 radical (unpaired) electrons. The average molecular weight is 664 g/mol. The van der Waals surface area contributed by atoms with Gasteiger partial charge in [-0.3, -0.25) is 0 Å². The third kappa shape index (κ3) is 5.21. The van der Waals surface area contributed by atoms with Gasteiger partial charge in [-0.25, -0.2) is 0 Å². The molecule has 0 bridgehead atoms. The summed E-state index contributed by atoms with van der Waals surface area (Å²) in [5, 5.41) is 7.29. The largest absolute Gasteiger partial charge is 0.456 e. The second kappa shape index (κ2) is 12.5. The lowest BCUT2D eigenvalue weighted by Crippen LogP contribution is -2.09. The third-order valence-electron chi connectivity index (χ3n) is 10.3. The molecule has 0 saturated heterocycles. The Morgan fingerprint density at radius 3 is 1.54 bits per heavy atom. The zero-order valence-corrected chi connectivity index (χ0v) is 28.4. The third-order valence-corrected chi connectivity index (χ3v) is 10.3. The predicted molar refractivity (Wildman–Crippen MR) is 220 cm³/mol. The lowest BCUT2D eigenvalue weighted by atomic mass is 9.97. The van der Waals surface area contributed by atoms with Crippen LogP contribution in [-0.2, 0) is 0 Å². The molecule has 1 heterocycles. The Balaban J connectivity index is 1.06. The van der Waals surface area contributed by atoms with E-state index in [0.29, 0.717) is 0 Å². The number of fused-ring (bicyclic) bond motifs is 5. The Bertz CT molecular complexity index is 2880. The van der Waals surface area contributed by atoms with Gasteiger partial charge >= 0.3 is 0 Å². The highest BCUT2D eigenvalue weighted by Gasteiger charge is 2.16. The van der Waals surface area contributed by atoms with Gasteiger partial charge < -0.3 is 9.32 Å². The summed E-state index contributed by atoms with van der Waals surface area (Å²) in [7, 11) is 0. The summed E-state index contributed by atoms with van der Waals surface area (Å²) in [5.41, 5.74) is 12.2. The van der Waals surface area contributed by atoms with Gasteiger partial charge in [0, 0.05) is 27.8 Å². The van der Waals surface area contributed by atoms with E-state index >= 15 is 0 Å². The van der Waals surface area contributed by atoms with E-state index in [1.54, 1.807) is 0 Å². The van der Waals surface area contributed by atoms with Crippen LogP contribution in [0.5, 0.6) is 0 Å². The first-order valence-electron chi connectivity index (χ1n) is 17.8.